The van der Waals surface area contributed by atoms with E-state index >= 15 is 0 Å². The third-order valence-corrected chi connectivity index (χ3v) is 2.11. The zero-order chi connectivity index (χ0) is 10.7. The number of hydrogen-bond acceptors (Lipinski definition) is 3. The summed E-state index contributed by atoms with van der Waals surface area (Å²) in [4.78, 5) is 11.6. The molecule has 0 spiro atoms. The Labute approximate surface area is 83.1 Å². The molecule has 1 aromatic carbocycles. The first kappa shape index (κ1) is 10.4. The second-order valence-electron chi connectivity index (χ2n) is 3.33. The quantitative estimate of drug-likeness (QED) is 0.337. The van der Waals surface area contributed by atoms with Gasteiger partial charge in [0.15, 0.2) is 0 Å². The molecule has 0 fully saturated rings. The van der Waals surface area contributed by atoms with Crippen LogP contribution in [0.5, 0.6) is 0 Å². The van der Waals surface area contributed by atoms with E-state index in [0.29, 0.717) is 5.56 Å². The molecule has 1 aromatic rings. The number of benzene rings is 1. The molecule has 0 saturated carbocycles. The molecule has 3 nitrogen and oxygen atoms in total. The van der Waals surface area contributed by atoms with E-state index in [1.165, 1.54) is 6.92 Å². The second-order valence-corrected chi connectivity index (χ2v) is 3.33. The van der Waals surface area contributed by atoms with Crippen LogP contribution in [0.25, 0.3) is 0 Å². The Morgan fingerprint density at radius 3 is 2.50 bits per heavy atom. The Bertz CT molecular complexity index is 394. The van der Waals surface area contributed by atoms with Crippen LogP contribution in [0.4, 0.5) is 0 Å². The topological polar surface area (TPSA) is 49.7 Å². The minimum absolute atomic E-state index is 0.108. The van der Waals surface area contributed by atoms with Crippen molar-refractivity contribution in [3.05, 3.63) is 34.9 Å². The van der Waals surface area contributed by atoms with Crippen molar-refractivity contribution in [2.45, 2.75) is 20.8 Å². The first-order valence-corrected chi connectivity index (χ1v) is 4.37. The maximum Gasteiger partial charge on any atom is 0.210 e. The van der Waals surface area contributed by atoms with Crippen molar-refractivity contribution in [3.8, 4) is 0 Å². The van der Waals surface area contributed by atoms with Crippen LogP contribution in [-0.4, -0.2) is 16.7 Å². The molecule has 0 bridgehead atoms. The number of oxime groups is 1. The summed E-state index contributed by atoms with van der Waals surface area (Å²) in [6, 6.07) is 5.55. The lowest BCUT2D eigenvalue weighted by atomic mass is 10.0. The molecule has 0 amide bonds. The van der Waals surface area contributed by atoms with Crippen molar-refractivity contribution >= 4 is 11.5 Å². The van der Waals surface area contributed by atoms with Crippen molar-refractivity contribution in [2.24, 2.45) is 5.16 Å². The zero-order valence-electron chi connectivity index (χ0n) is 8.53. The highest BCUT2D eigenvalue weighted by atomic mass is 16.4. The maximum absolute atomic E-state index is 11.6. The normalized spacial score (nSPS) is 11.5. The van der Waals surface area contributed by atoms with E-state index in [9.17, 15) is 4.79 Å². The monoisotopic (exact) mass is 191 g/mol. The van der Waals surface area contributed by atoms with Crippen molar-refractivity contribution in [3.63, 3.8) is 0 Å². The van der Waals surface area contributed by atoms with E-state index in [2.05, 4.69) is 5.16 Å². The first-order valence-electron chi connectivity index (χ1n) is 4.37. The molecule has 1 N–H and O–H groups in total. The molecule has 0 heterocycles. The summed E-state index contributed by atoms with van der Waals surface area (Å²) in [5.41, 5.74) is 2.71. The molecule has 0 saturated heterocycles. The molecule has 0 aliphatic heterocycles. The summed E-state index contributed by atoms with van der Waals surface area (Å²) in [6.45, 7) is 5.32. The van der Waals surface area contributed by atoms with Crippen LogP contribution in [0.2, 0.25) is 0 Å². The second kappa shape index (κ2) is 4.05. The summed E-state index contributed by atoms with van der Waals surface area (Å²) in [5.74, 6) is -0.231. The molecule has 0 aromatic heterocycles. The van der Waals surface area contributed by atoms with Gasteiger partial charge in [-0.15, -0.1) is 0 Å². The molecule has 14 heavy (non-hydrogen) atoms. The van der Waals surface area contributed by atoms with Gasteiger partial charge in [-0.1, -0.05) is 28.9 Å². The van der Waals surface area contributed by atoms with Gasteiger partial charge < -0.3 is 5.21 Å². The minimum Gasteiger partial charge on any atom is -0.411 e. The third kappa shape index (κ3) is 1.99. The molecule has 0 unspecified atom stereocenters. The number of hydrogen-bond donors (Lipinski definition) is 1. The van der Waals surface area contributed by atoms with E-state index in [4.69, 9.17) is 5.21 Å². The summed E-state index contributed by atoms with van der Waals surface area (Å²) in [6.07, 6.45) is 0. The number of carbonyl (C=O) groups is 1. The molecular weight excluding hydrogens is 178 g/mol. The standard InChI is InChI=1S/C11H13NO2/c1-7-4-5-10(8(2)6-7)11(13)9(3)12-14/h4-6,14H,1-3H3/b12-9-. The summed E-state index contributed by atoms with van der Waals surface area (Å²) >= 11 is 0. The van der Waals surface area contributed by atoms with Gasteiger partial charge in [0.2, 0.25) is 5.78 Å². The molecule has 0 atom stereocenters. The van der Waals surface area contributed by atoms with Gasteiger partial charge in [0, 0.05) is 5.56 Å². The van der Waals surface area contributed by atoms with Crippen molar-refractivity contribution in [1.29, 1.82) is 0 Å². The van der Waals surface area contributed by atoms with Gasteiger partial charge in [-0.3, -0.25) is 4.79 Å². The highest BCUT2D eigenvalue weighted by Crippen LogP contribution is 2.11. The Morgan fingerprint density at radius 1 is 1.36 bits per heavy atom. The largest absolute Gasteiger partial charge is 0.411 e. The van der Waals surface area contributed by atoms with Crippen LogP contribution in [0.15, 0.2) is 23.4 Å². The number of Topliss-reactive ketones (excluding diaryl/α,β-unsaturated/α-hetero) is 1. The Balaban J connectivity index is 3.14. The fourth-order valence-corrected chi connectivity index (χ4v) is 1.31. The summed E-state index contributed by atoms with van der Waals surface area (Å²) in [7, 11) is 0. The number of aryl methyl sites for hydroxylation is 2. The van der Waals surface area contributed by atoms with Crippen molar-refractivity contribution in [1.82, 2.24) is 0 Å². The van der Waals surface area contributed by atoms with Gasteiger partial charge in [0.25, 0.3) is 0 Å². The summed E-state index contributed by atoms with van der Waals surface area (Å²) < 4.78 is 0. The van der Waals surface area contributed by atoms with Gasteiger partial charge in [-0.25, -0.2) is 0 Å². The summed E-state index contributed by atoms with van der Waals surface area (Å²) in [5, 5.41) is 11.4. The Morgan fingerprint density at radius 2 is 2.00 bits per heavy atom. The van der Waals surface area contributed by atoms with Crippen LogP contribution in [0.3, 0.4) is 0 Å². The lowest BCUT2D eigenvalue weighted by Crippen LogP contribution is -2.12. The van der Waals surface area contributed by atoms with Crippen LogP contribution >= 0.6 is 0 Å². The molecule has 3 heteroatoms. The van der Waals surface area contributed by atoms with Gasteiger partial charge in [-0.2, -0.15) is 0 Å². The number of ketones is 1. The van der Waals surface area contributed by atoms with Crippen LogP contribution < -0.4 is 0 Å². The predicted molar refractivity (Wildman–Crippen MR) is 55.1 cm³/mol. The number of nitrogens with zero attached hydrogens (tertiary/aromatic N) is 1. The lowest BCUT2D eigenvalue weighted by Gasteiger charge is -2.04. The van der Waals surface area contributed by atoms with Crippen LogP contribution in [-0.2, 0) is 0 Å². The Kier molecular flexibility index (Phi) is 3.02. The average molecular weight is 191 g/mol. The van der Waals surface area contributed by atoms with E-state index in [1.54, 1.807) is 6.07 Å². The highest BCUT2D eigenvalue weighted by molar-refractivity contribution is 6.45. The maximum atomic E-state index is 11.6. The van der Waals surface area contributed by atoms with Crippen LogP contribution in [0, 0.1) is 13.8 Å². The van der Waals surface area contributed by atoms with E-state index < -0.39 is 0 Å². The van der Waals surface area contributed by atoms with Gasteiger partial charge in [0.05, 0.1) is 0 Å². The van der Waals surface area contributed by atoms with Gasteiger partial charge in [0.1, 0.15) is 5.71 Å². The van der Waals surface area contributed by atoms with Crippen molar-refractivity contribution in [2.75, 3.05) is 0 Å². The molecular formula is C11H13NO2. The fraction of sp³-hybridized carbons (Fsp3) is 0.273. The Hall–Kier alpha value is -1.64. The molecule has 0 radical (unpaired) electrons. The van der Waals surface area contributed by atoms with Gasteiger partial charge >= 0.3 is 0 Å². The van der Waals surface area contributed by atoms with Gasteiger partial charge in [-0.05, 0) is 26.3 Å². The SMILES string of the molecule is C/C(=N/O)C(=O)c1ccc(C)cc1C. The highest BCUT2D eigenvalue weighted by Gasteiger charge is 2.12. The van der Waals surface area contributed by atoms with E-state index in [0.717, 1.165) is 11.1 Å². The molecule has 1 rings (SSSR count). The van der Waals surface area contributed by atoms with Crippen LogP contribution in [0.1, 0.15) is 28.4 Å². The number of rotatable bonds is 2. The lowest BCUT2D eigenvalue weighted by molar-refractivity contribution is 0.106. The molecule has 0 aliphatic rings. The van der Waals surface area contributed by atoms with E-state index in [1.807, 2.05) is 26.0 Å². The fourth-order valence-electron chi connectivity index (χ4n) is 1.31. The van der Waals surface area contributed by atoms with Crippen molar-refractivity contribution < 1.29 is 10.0 Å². The molecule has 0 aliphatic carbocycles. The first-order chi connectivity index (χ1) is 6.56. The third-order valence-electron chi connectivity index (χ3n) is 2.11. The molecule has 74 valence electrons. The minimum atomic E-state index is -0.231. The number of carbonyl (C=O) groups excluding carboxylic acids is 1. The van der Waals surface area contributed by atoms with E-state index in [-0.39, 0.29) is 11.5 Å². The average Bonchev–Trinajstić information content (AvgIpc) is 2.15. The predicted octanol–water partition coefficient (Wildman–Crippen LogP) is 2.34. The smallest absolute Gasteiger partial charge is 0.210 e. The zero-order valence-corrected chi connectivity index (χ0v) is 8.53.